The van der Waals surface area contributed by atoms with E-state index >= 15 is 0 Å². The smallest absolute Gasteiger partial charge is 0.320 e. The van der Waals surface area contributed by atoms with Crippen molar-refractivity contribution in [3.05, 3.63) is 76.3 Å². The average Bonchev–Trinajstić information content (AvgIpc) is 3.10. The van der Waals surface area contributed by atoms with Crippen LogP contribution in [0.5, 0.6) is 0 Å². The van der Waals surface area contributed by atoms with Crippen LogP contribution >= 0.6 is 11.6 Å². The van der Waals surface area contributed by atoms with Crippen LogP contribution in [0, 0.1) is 19.7 Å². The van der Waals surface area contributed by atoms with Crippen LogP contribution in [0.4, 0.5) is 20.6 Å². The van der Waals surface area contributed by atoms with Crippen molar-refractivity contribution >= 4 is 34.9 Å². The predicted molar refractivity (Wildman–Crippen MR) is 128 cm³/mol. The van der Waals surface area contributed by atoms with Gasteiger partial charge < -0.3 is 20.7 Å². The van der Waals surface area contributed by atoms with E-state index < -0.39 is 17.6 Å². The van der Waals surface area contributed by atoms with Crippen molar-refractivity contribution in [2.24, 2.45) is 0 Å². The number of nitrogens with zero attached hydrogens (tertiary/aromatic N) is 2. The van der Waals surface area contributed by atoms with E-state index in [2.05, 4.69) is 21.0 Å². The van der Waals surface area contributed by atoms with Crippen LogP contribution in [-0.4, -0.2) is 34.9 Å². The van der Waals surface area contributed by atoms with Crippen LogP contribution in [0.25, 0.3) is 0 Å². The molecule has 1 aliphatic heterocycles. The van der Waals surface area contributed by atoms with E-state index in [-0.39, 0.29) is 30.0 Å². The van der Waals surface area contributed by atoms with Crippen LogP contribution in [0.1, 0.15) is 29.9 Å². The fraction of sp³-hybridized carbons (Fsp3) is 0.292. The molecule has 1 fully saturated rings. The zero-order valence-electron chi connectivity index (χ0n) is 19.0. The minimum Gasteiger partial charge on any atom is -0.376 e. The molecule has 1 saturated heterocycles. The van der Waals surface area contributed by atoms with Gasteiger partial charge in [-0.05, 0) is 62.7 Å². The Morgan fingerprint density at radius 2 is 1.82 bits per heavy atom. The van der Waals surface area contributed by atoms with Crippen LogP contribution in [0.2, 0.25) is 5.02 Å². The van der Waals surface area contributed by atoms with Gasteiger partial charge in [0.15, 0.2) is 0 Å². The van der Waals surface area contributed by atoms with E-state index in [4.69, 9.17) is 16.3 Å². The third-order valence-electron chi connectivity index (χ3n) is 5.72. The lowest BCUT2D eigenvalue weighted by Gasteiger charge is -2.42. The maximum Gasteiger partial charge on any atom is 0.320 e. The summed E-state index contributed by atoms with van der Waals surface area (Å²) in [4.78, 5) is 25.3. The maximum absolute atomic E-state index is 13.3. The second kappa shape index (κ2) is 9.44. The number of hydrogen-bond donors (Lipinski definition) is 3. The molecule has 0 bridgehead atoms. The molecule has 1 aliphatic rings. The lowest BCUT2D eigenvalue weighted by Crippen LogP contribution is -2.60. The number of benzene rings is 2. The van der Waals surface area contributed by atoms with Crippen LogP contribution < -0.4 is 16.0 Å². The topological polar surface area (TPSA) is 97.3 Å². The van der Waals surface area contributed by atoms with Crippen molar-refractivity contribution < 1.29 is 18.7 Å². The standard InChI is InChI=1S/C24H25ClFN5O3/c1-14-10-15(2)31(30-14)16(3)22(32)28-21-9-8-19(11-20(21)25)27-23(33)29-24(12-34-13-24)17-4-6-18(26)7-5-17/h4-11,16H,12-13H2,1-3H3,(H,28,32)(H2,27,29,33). The van der Waals surface area contributed by atoms with Crippen LogP contribution in [0.3, 0.4) is 0 Å². The molecule has 10 heteroatoms. The maximum atomic E-state index is 13.3. The zero-order chi connectivity index (χ0) is 24.5. The Hall–Kier alpha value is -3.43. The highest BCUT2D eigenvalue weighted by Gasteiger charge is 2.41. The molecule has 3 N–H and O–H groups in total. The van der Waals surface area contributed by atoms with Crippen molar-refractivity contribution in [2.75, 3.05) is 23.8 Å². The predicted octanol–water partition coefficient (Wildman–Crippen LogP) is 4.54. The van der Waals surface area contributed by atoms with Crippen LogP contribution in [0.15, 0.2) is 48.5 Å². The molecule has 8 nitrogen and oxygen atoms in total. The molecule has 2 aromatic carbocycles. The second-order valence-corrected chi connectivity index (χ2v) is 8.80. The number of nitrogens with one attached hydrogen (secondary N) is 3. The Balaban J connectivity index is 1.40. The Morgan fingerprint density at radius 3 is 2.38 bits per heavy atom. The average molecular weight is 486 g/mol. The van der Waals surface area contributed by atoms with E-state index in [1.165, 1.54) is 12.1 Å². The molecule has 4 rings (SSSR count). The molecule has 178 valence electrons. The summed E-state index contributed by atoms with van der Waals surface area (Å²) in [5.74, 6) is -0.618. The van der Waals surface area contributed by atoms with Gasteiger partial charge in [-0.3, -0.25) is 9.48 Å². The summed E-state index contributed by atoms with van der Waals surface area (Å²) in [5.41, 5.74) is 2.60. The van der Waals surface area contributed by atoms with E-state index in [1.54, 1.807) is 41.9 Å². The SMILES string of the molecule is Cc1cc(C)n(C(C)C(=O)Nc2ccc(NC(=O)NC3(c4ccc(F)cc4)COC3)cc2Cl)n1. The summed E-state index contributed by atoms with van der Waals surface area (Å²) in [7, 11) is 0. The molecular weight excluding hydrogens is 461 g/mol. The van der Waals surface area contributed by atoms with Gasteiger partial charge in [-0.1, -0.05) is 23.7 Å². The molecule has 34 heavy (non-hydrogen) atoms. The molecule has 3 aromatic rings. The molecule has 0 saturated carbocycles. The number of rotatable bonds is 6. The van der Waals surface area contributed by atoms with Gasteiger partial charge >= 0.3 is 6.03 Å². The molecule has 1 aromatic heterocycles. The van der Waals surface area contributed by atoms with Gasteiger partial charge in [0.2, 0.25) is 5.91 Å². The highest BCUT2D eigenvalue weighted by atomic mass is 35.5. The van der Waals surface area contributed by atoms with E-state index in [1.807, 2.05) is 19.9 Å². The lowest BCUT2D eigenvalue weighted by molar-refractivity contribution is -0.119. The van der Waals surface area contributed by atoms with Gasteiger partial charge in [0.1, 0.15) is 17.4 Å². The molecule has 0 spiro atoms. The highest BCUT2D eigenvalue weighted by molar-refractivity contribution is 6.34. The third-order valence-corrected chi connectivity index (χ3v) is 6.03. The summed E-state index contributed by atoms with van der Waals surface area (Å²) in [6, 6.07) is 11.7. The number of carbonyl (C=O) groups excluding carboxylic acids is 2. The minimum atomic E-state index is -0.728. The zero-order valence-corrected chi connectivity index (χ0v) is 19.7. The fourth-order valence-electron chi connectivity index (χ4n) is 3.85. The molecule has 1 unspecified atom stereocenters. The Morgan fingerprint density at radius 1 is 1.12 bits per heavy atom. The van der Waals surface area contributed by atoms with Gasteiger partial charge in [-0.15, -0.1) is 0 Å². The van der Waals surface area contributed by atoms with E-state index in [0.717, 1.165) is 17.0 Å². The third kappa shape index (κ3) is 4.90. The van der Waals surface area contributed by atoms with Crippen molar-refractivity contribution in [1.29, 1.82) is 0 Å². The summed E-state index contributed by atoms with van der Waals surface area (Å²) in [6.45, 7) is 6.07. The van der Waals surface area contributed by atoms with E-state index in [0.29, 0.717) is 11.4 Å². The highest BCUT2D eigenvalue weighted by Crippen LogP contribution is 2.31. The summed E-state index contributed by atoms with van der Waals surface area (Å²) >= 11 is 6.36. The molecule has 2 heterocycles. The van der Waals surface area contributed by atoms with Crippen molar-refractivity contribution in [3.8, 4) is 0 Å². The summed E-state index contributed by atoms with van der Waals surface area (Å²) in [5, 5.41) is 13.1. The van der Waals surface area contributed by atoms with Gasteiger partial charge in [0.25, 0.3) is 0 Å². The first-order valence-electron chi connectivity index (χ1n) is 10.7. The Bertz CT molecular complexity index is 1220. The number of ether oxygens (including phenoxy) is 1. The van der Waals surface area contributed by atoms with Crippen molar-refractivity contribution in [3.63, 3.8) is 0 Å². The van der Waals surface area contributed by atoms with Gasteiger partial charge in [-0.25, -0.2) is 9.18 Å². The Kier molecular flexibility index (Phi) is 6.58. The number of amides is 3. The van der Waals surface area contributed by atoms with Crippen molar-refractivity contribution in [1.82, 2.24) is 15.1 Å². The summed E-state index contributed by atoms with van der Waals surface area (Å²) < 4.78 is 20.2. The first-order valence-corrected chi connectivity index (χ1v) is 11.1. The minimum absolute atomic E-state index is 0.266. The number of aromatic nitrogens is 2. The number of aryl methyl sites for hydroxylation is 2. The molecule has 1 atom stereocenters. The van der Waals surface area contributed by atoms with Gasteiger partial charge in [0, 0.05) is 11.4 Å². The molecule has 0 aliphatic carbocycles. The summed E-state index contributed by atoms with van der Waals surface area (Å²) in [6.07, 6.45) is 0. The largest absolute Gasteiger partial charge is 0.376 e. The Labute approximate surface area is 201 Å². The number of halogens is 2. The first-order chi connectivity index (χ1) is 16.2. The van der Waals surface area contributed by atoms with Gasteiger partial charge in [-0.2, -0.15) is 5.10 Å². The van der Waals surface area contributed by atoms with Gasteiger partial charge in [0.05, 0.1) is 29.6 Å². The normalized spacial score (nSPS) is 15.2. The number of urea groups is 1. The monoisotopic (exact) mass is 485 g/mol. The molecule has 3 amide bonds. The van der Waals surface area contributed by atoms with E-state index in [9.17, 15) is 14.0 Å². The number of hydrogen-bond acceptors (Lipinski definition) is 4. The fourth-order valence-corrected chi connectivity index (χ4v) is 4.07. The second-order valence-electron chi connectivity index (χ2n) is 8.39. The van der Waals surface area contributed by atoms with Crippen molar-refractivity contribution in [2.45, 2.75) is 32.4 Å². The van der Waals surface area contributed by atoms with Crippen LogP contribution in [-0.2, 0) is 15.1 Å². The molecule has 0 radical (unpaired) electrons. The first kappa shape index (κ1) is 23.7. The number of anilines is 2. The molecular formula is C24H25ClFN5O3. The quantitative estimate of drug-likeness (QED) is 0.477. The number of carbonyl (C=O) groups is 2. The lowest BCUT2D eigenvalue weighted by atomic mass is 9.88.